The van der Waals surface area contributed by atoms with Gasteiger partial charge < -0.3 is 11.1 Å². The fourth-order valence-corrected chi connectivity index (χ4v) is 2.29. The smallest absolute Gasteiger partial charge is 0.218 e. The highest BCUT2D eigenvalue weighted by Gasteiger charge is 2.29. The van der Waals surface area contributed by atoms with Gasteiger partial charge in [0.1, 0.15) is 0 Å². The molecule has 0 heterocycles. The van der Waals surface area contributed by atoms with E-state index < -0.39 is 0 Å². The van der Waals surface area contributed by atoms with Crippen molar-refractivity contribution < 1.29 is 4.79 Å². The number of benzene rings is 1. The van der Waals surface area contributed by atoms with Crippen LogP contribution in [0.4, 0.5) is 0 Å². The van der Waals surface area contributed by atoms with Crippen LogP contribution in [-0.2, 0) is 4.79 Å². The molecule has 0 bridgehead atoms. The molecule has 3 N–H and O–H groups in total. The molecule has 1 amide bonds. The Morgan fingerprint density at radius 2 is 2.00 bits per heavy atom. The van der Waals surface area contributed by atoms with Gasteiger partial charge in [-0.15, -0.1) is 0 Å². The SMILES string of the molecule is Cc1ccc(C2CC(NCCC(N)=O)C2)cc1. The Hall–Kier alpha value is -1.35. The van der Waals surface area contributed by atoms with Crippen LogP contribution < -0.4 is 11.1 Å². The predicted molar refractivity (Wildman–Crippen MR) is 68.8 cm³/mol. The van der Waals surface area contributed by atoms with Crippen molar-refractivity contribution in [2.75, 3.05) is 6.54 Å². The summed E-state index contributed by atoms with van der Waals surface area (Å²) in [5.41, 5.74) is 7.84. The molecule has 1 aromatic carbocycles. The van der Waals surface area contributed by atoms with E-state index in [1.807, 2.05) is 0 Å². The second-order valence-corrected chi connectivity index (χ2v) is 4.95. The van der Waals surface area contributed by atoms with Gasteiger partial charge in [-0.1, -0.05) is 29.8 Å². The molecule has 0 saturated heterocycles. The second kappa shape index (κ2) is 5.32. The van der Waals surface area contributed by atoms with Crippen molar-refractivity contribution in [3.8, 4) is 0 Å². The molecule has 0 spiro atoms. The predicted octanol–water partition coefficient (Wildman–Crippen LogP) is 1.71. The highest BCUT2D eigenvalue weighted by Crippen LogP contribution is 2.36. The van der Waals surface area contributed by atoms with E-state index in [0.29, 0.717) is 24.9 Å². The fourth-order valence-electron chi connectivity index (χ4n) is 2.29. The molecule has 3 nitrogen and oxygen atoms in total. The number of nitrogens with two attached hydrogens (primary N) is 1. The molecule has 1 aromatic rings. The number of nitrogens with one attached hydrogen (secondary N) is 1. The third-order valence-electron chi connectivity index (χ3n) is 3.49. The molecule has 0 aliphatic heterocycles. The Bertz CT molecular complexity index is 380. The molecule has 1 saturated carbocycles. The van der Waals surface area contributed by atoms with E-state index >= 15 is 0 Å². The van der Waals surface area contributed by atoms with Crippen LogP contribution in [0.3, 0.4) is 0 Å². The first-order chi connectivity index (χ1) is 8.15. The third-order valence-corrected chi connectivity index (χ3v) is 3.49. The van der Waals surface area contributed by atoms with Gasteiger partial charge in [0.25, 0.3) is 0 Å². The topological polar surface area (TPSA) is 55.1 Å². The molecular weight excluding hydrogens is 212 g/mol. The molecule has 2 rings (SSSR count). The lowest BCUT2D eigenvalue weighted by atomic mass is 9.76. The number of aryl methyl sites for hydroxylation is 1. The minimum Gasteiger partial charge on any atom is -0.370 e. The molecule has 1 aliphatic rings. The standard InChI is InChI=1S/C14H20N2O/c1-10-2-4-11(5-3-10)12-8-13(9-12)16-7-6-14(15)17/h2-5,12-13,16H,6-9H2,1H3,(H2,15,17). The van der Waals surface area contributed by atoms with E-state index in [2.05, 4.69) is 36.5 Å². The van der Waals surface area contributed by atoms with Crippen LogP contribution >= 0.6 is 0 Å². The molecule has 0 aromatic heterocycles. The highest BCUT2D eigenvalue weighted by atomic mass is 16.1. The van der Waals surface area contributed by atoms with Gasteiger partial charge in [0, 0.05) is 19.0 Å². The van der Waals surface area contributed by atoms with E-state index in [1.54, 1.807) is 0 Å². The minimum atomic E-state index is -0.230. The number of hydrogen-bond acceptors (Lipinski definition) is 2. The Morgan fingerprint density at radius 1 is 1.35 bits per heavy atom. The summed E-state index contributed by atoms with van der Waals surface area (Å²) in [4.78, 5) is 10.6. The number of hydrogen-bond donors (Lipinski definition) is 2. The second-order valence-electron chi connectivity index (χ2n) is 4.95. The molecule has 3 heteroatoms. The zero-order valence-electron chi connectivity index (χ0n) is 10.3. The molecule has 92 valence electrons. The van der Waals surface area contributed by atoms with Crippen LogP contribution in [0, 0.1) is 6.92 Å². The molecule has 1 fully saturated rings. The summed E-state index contributed by atoms with van der Waals surface area (Å²) in [7, 11) is 0. The van der Waals surface area contributed by atoms with E-state index in [-0.39, 0.29) is 5.91 Å². The van der Waals surface area contributed by atoms with Crippen LogP contribution in [0.2, 0.25) is 0 Å². The quantitative estimate of drug-likeness (QED) is 0.812. The zero-order valence-corrected chi connectivity index (χ0v) is 10.3. The maximum atomic E-state index is 10.6. The lowest BCUT2D eigenvalue weighted by Crippen LogP contribution is -2.41. The largest absolute Gasteiger partial charge is 0.370 e. The van der Waals surface area contributed by atoms with Crippen molar-refractivity contribution >= 4 is 5.91 Å². The molecule has 0 radical (unpaired) electrons. The molecule has 0 atom stereocenters. The Morgan fingerprint density at radius 3 is 2.59 bits per heavy atom. The van der Waals surface area contributed by atoms with Crippen molar-refractivity contribution in [1.82, 2.24) is 5.32 Å². The monoisotopic (exact) mass is 232 g/mol. The van der Waals surface area contributed by atoms with Crippen LogP contribution in [0.25, 0.3) is 0 Å². The van der Waals surface area contributed by atoms with Crippen LogP contribution in [0.15, 0.2) is 24.3 Å². The van der Waals surface area contributed by atoms with Crippen molar-refractivity contribution in [2.24, 2.45) is 5.73 Å². The van der Waals surface area contributed by atoms with Gasteiger partial charge in [-0.2, -0.15) is 0 Å². The van der Waals surface area contributed by atoms with E-state index in [1.165, 1.54) is 24.0 Å². The van der Waals surface area contributed by atoms with E-state index in [4.69, 9.17) is 5.73 Å². The number of carbonyl (C=O) groups is 1. The maximum Gasteiger partial charge on any atom is 0.218 e. The number of amides is 1. The van der Waals surface area contributed by atoms with E-state index in [0.717, 1.165) is 0 Å². The zero-order chi connectivity index (χ0) is 12.3. The number of carbonyl (C=O) groups excluding carboxylic acids is 1. The van der Waals surface area contributed by atoms with Crippen molar-refractivity contribution in [1.29, 1.82) is 0 Å². The Balaban J connectivity index is 1.71. The molecule has 1 aliphatic carbocycles. The summed E-state index contributed by atoms with van der Waals surface area (Å²) in [5, 5.41) is 3.36. The maximum absolute atomic E-state index is 10.6. The third kappa shape index (κ3) is 3.30. The van der Waals surface area contributed by atoms with Gasteiger partial charge in [-0.25, -0.2) is 0 Å². The summed E-state index contributed by atoms with van der Waals surface area (Å²) in [6.45, 7) is 2.82. The fraction of sp³-hybridized carbons (Fsp3) is 0.500. The lowest BCUT2D eigenvalue weighted by molar-refractivity contribution is -0.117. The Labute approximate surface area is 102 Å². The summed E-state index contributed by atoms with van der Waals surface area (Å²) < 4.78 is 0. The van der Waals surface area contributed by atoms with Crippen LogP contribution in [0.1, 0.15) is 36.3 Å². The van der Waals surface area contributed by atoms with Gasteiger partial charge in [-0.3, -0.25) is 4.79 Å². The van der Waals surface area contributed by atoms with Gasteiger partial charge in [0.2, 0.25) is 5.91 Å². The number of rotatable bonds is 5. The summed E-state index contributed by atoms with van der Waals surface area (Å²) in [6, 6.07) is 9.34. The van der Waals surface area contributed by atoms with Gasteiger partial charge >= 0.3 is 0 Å². The highest BCUT2D eigenvalue weighted by molar-refractivity contribution is 5.73. The molecule has 0 unspecified atom stereocenters. The Kier molecular flexibility index (Phi) is 3.79. The molecular formula is C14H20N2O. The lowest BCUT2D eigenvalue weighted by Gasteiger charge is -2.36. The summed E-state index contributed by atoms with van der Waals surface area (Å²) in [6.07, 6.45) is 2.77. The first-order valence-corrected chi connectivity index (χ1v) is 6.23. The average molecular weight is 232 g/mol. The van der Waals surface area contributed by atoms with Crippen LogP contribution in [0.5, 0.6) is 0 Å². The first kappa shape index (κ1) is 12.1. The van der Waals surface area contributed by atoms with Gasteiger partial charge in [-0.05, 0) is 31.2 Å². The van der Waals surface area contributed by atoms with Crippen molar-refractivity contribution in [3.63, 3.8) is 0 Å². The summed E-state index contributed by atoms with van der Waals surface area (Å²) >= 11 is 0. The number of primary amides is 1. The first-order valence-electron chi connectivity index (χ1n) is 6.23. The van der Waals surface area contributed by atoms with Crippen molar-refractivity contribution in [2.45, 2.75) is 38.1 Å². The minimum absolute atomic E-state index is 0.230. The molecule has 17 heavy (non-hydrogen) atoms. The van der Waals surface area contributed by atoms with E-state index in [9.17, 15) is 4.79 Å². The van der Waals surface area contributed by atoms with Gasteiger partial charge in [0.05, 0.1) is 0 Å². The summed E-state index contributed by atoms with van der Waals surface area (Å²) in [5.74, 6) is 0.452. The average Bonchev–Trinajstić information content (AvgIpc) is 2.23. The normalized spacial score (nSPS) is 23.1. The van der Waals surface area contributed by atoms with Gasteiger partial charge in [0.15, 0.2) is 0 Å². The van der Waals surface area contributed by atoms with Crippen LogP contribution in [-0.4, -0.2) is 18.5 Å². The van der Waals surface area contributed by atoms with Crippen molar-refractivity contribution in [3.05, 3.63) is 35.4 Å².